The van der Waals surface area contributed by atoms with Gasteiger partial charge in [0.15, 0.2) is 0 Å². The van der Waals surface area contributed by atoms with Gasteiger partial charge in [0.25, 0.3) is 5.91 Å². The summed E-state index contributed by atoms with van der Waals surface area (Å²) in [4.78, 5) is 23.2. The second-order valence-corrected chi connectivity index (χ2v) is 4.40. The summed E-state index contributed by atoms with van der Waals surface area (Å²) in [5.41, 5.74) is 0.164. The van der Waals surface area contributed by atoms with E-state index in [0.717, 1.165) is 18.2 Å². The van der Waals surface area contributed by atoms with Gasteiger partial charge in [0.05, 0.1) is 11.3 Å². The minimum atomic E-state index is -1.28. The zero-order valence-corrected chi connectivity index (χ0v) is 11.1. The number of amides is 1. The largest absolute Gasteiger partial charge is 0.508 e. The lowest BCUT2D eigenvalue weighted by atomic mass is 10.1. The van der Waals surface area contributed by atoms with Crippen LogP contribution in [0.1, 0.15) is 26.3 Å². The van der Waals surface area contributed by atoms with E-state index < -0.39 is 17.7 Å². The lowest BCUT2D eigenvalue weighted by Gasteiger charge is -2.11. The number of hydrogen-bond donors (Lipinski definition) is 3. The maximum atomic E-state index is 13.2. The van der Waals surface area contributed by atoms with E-state index in [1.54, 1.807) is 6.92 Å². The van der Waals surface area contributed by atoms with Gasteiger partial charge in [-0.25, -0.2) is 9.18 Å². The van der Waals surface area contributed by atoms with Crippen molar-refractivity contribution in [2.24, 2.45) is 0 Å². The molecule has 21 heavy (non-hydrogen) atoms. The lowest BCUT2D eigenvalue weighted by Crippen LogP contribution is -2.16. The maximum Gasteiger partial charge on any atom is 0.337 e. The molecule has 0 saturated heterocycles. The van der Waals surface area contributed by atoms with Crippen LogP contribution < -0.4 is 5.32 Å². The Balaban J connectivity index is 2.38. The third-order valence-electron chi connectivity index (χ3n) is 3.01. The van der Waals surface area contributed by atoms with Crippen molar-refractivity contribution in [1.29, 1.82) is 0 Å². The smallest absolute Gasteiger partial charge is 0.337 e. The zero-order chi connectivity index (χ0) is 15.6. The highest BCUT2D eigenvalue weighted by atomic mass is 19.1. The molecule has 2 aromatic rings. The van der Waals surface area contributed by atoms with Gasteiger partial charge in [-0.2, -0.15) is 0 Å². The molecule has 0 unspecified atom stereocenters. The Kier molecular flexibility index (Phi) is 3.89. The van der Waals surface area contributed by atoms with Crippen LogP contribution in [0.3, 0.4) is 0 Å². The fourth-order valence-electron chi connectivity index (χ4n) is 1.87. The molecule has 0 atom stereocenters. The molecule has 0 aliphatic carbocycles. The molecule has 3 N–H and O–H groups in total. The molecule has 0 heterocycles. The van der Waals surface area contributed by atoms with E-state index in [1.165, 1.54) is 18.2 Å². The van der Waals surface area contributed by atoms with Crippen molar-refractivity contribution in [3.05, 3.63) is 58.9 Å². The van der Waals surface area contributed by atoms with Crippen LogP contribution in [0.15, 0.2) is 36.4 Å². The summed E-state index contributed by atoms with van der Waals surface area (Å²) in [7, 11) is 0. The molecule has 0 aliphatic rings. The molecule has 1 amide bonds. The van der Waals surface area contributed by atoms with Crippen LogP contribution in [0.25, 0.3) is 0 Å². The number of aromatic carboxylic acids is 1. The van der Waals surface area contributed by atoms with Gasteiger partial charge >= 0.3 is 5.97 Å². The number of carbonyl (C=O) groups is 2. The Bertz CT molecular complexity index is 728. The molecule has 5 nitrogen and oxygen atoms in total. The number of nitrogens with one attached hydrogen (secondary N) is 1. The van der Waals surface area contributed by atoms with Gasteiger partial charge in [0, 0.05) is 11.1 Å². The standard InChI is InChI=1S/C15H12FNO4/c1-8-10(3-2-4-13(8)18)14(19)17-12-7-9(16)5-6-11(12)15(20)21/h2-7,18H,1H3,(H,17,19)(H,20,21). The monoisotopic (exact) mass is 289 g/mol. The summed E-state index contributed by atoms with van der Waals surface area (Å²) in [5, 5.41) is 20.9. The fraction of sp³-hybridized carbons (Fsp3) is 0.0667. The first kappa shape index (κ1) is 14.5. The number of phenols is 1. The number of rotatable bonds is 3. The van der Waals surface area contributed by atoms with E-state index in [0.29, 0.717) is 5.56 Å². The van der Waals surface area contributed by atoms with Crippen LogP contribution in [0, 0.1) is 12.7 Å². The molecule has 6 heteroatoms. The number of anilines is 1. The number of benzene rings is 2. The minimum Gasteiger partial charge on any atom is -0.508 e. The van der Waals surface area contributed by atoms with E-state index in [1.807, 2.05) is 0 Å². The van der Waals surface area contributed by atoms with Crippen LogP contribution in [0.5, 0.6) is 5.75 Å². The average Bonchev–Trinajstić information content (AvgIpc) is 2.41. The number of carbonyl (C=O) groups excluding carboxylic acids is 1. The summed E-state index contributed by atoms with van der Waals surface area (Å²) in [6, 6.07) is 7.39. The number of carboxylic acids is 1. The molecule has 0 aromatic heterocycles. The molecule has 2 rings (SSSR count). The molecule has 108 valence electrons. The number of aromatic hydroxyl groups is 1. The molecule has 0 saturated carbocycles. The Morgan fingerprint density at radius 3 is 2.52 bits per heavy atom. The molecular weight excluding hydrogens is 277 g/mol. The predicted octanol–water partition coefficient (Wildman–Crippen LogP) is 2.79. The quantitative estimate of drug-likeness (QED) is 0.811. The summed E-state index contributed by atoms with van der Waals surface area (Å²) in [5.74, 6) is -2.63. The molecule has 0 fully saturated rings. The van der Waals surface area contributed by atoms with E-state index in [9.17, 15) is 19.1 Å². The van der Waals surface area contributed by atoms with Gasteiger partial charge in [0.2, 0.25) is 0 Å². The average molecular weight is 289 g/mol. The SMILES string of the molecule is Cc1c(O)cccc1C(=O)Nc1cc(F)ccc1C(=O)O. The van der Waals surface area contributed by atoms with Crippen LogP contribution in [0.4, 0.5) is 10.1 Å². The maximum absolute atomic E-state index is 13.2. The fourth-order valence-corrected chi connectivity index (χ4v) is 1.87. The predicted molar refractivity (Wildman–Crippen MR) is 74.2 cm³/mol. The first-order valence-corrected chi connectivity index (χ1v) is 6.03. The summed E-state index contributed by atoms with van der Waals surface area (Å²) >= 11 is 0. The van der Waals surface area contributed by atoms with Gasteiger partial charge in [-0.1, -0.05) is 6.07 Å². The Morgan fingerprint density at radius 1 is 1.14 bits per heavy atom. The van der Waals surface area contributed by atoms with Gasteiger partial charge in [-0.3, -0.25) is 4.79 Å². The molecule has 2 aromatic carbocycles. The van der Waals surface area contributed by atoms with Gasteiger partial charge in [-0.15, -0.1) is 0 Å². The van der Waals surface area contributed by atoms with E-state index in [4.69, 9.17) is 5.11 Å². The molecule has 0 aliphatic heterocycles. The van der Waals surface area contributed by atoms with E-state index in [-0.39, 0.29) is 22.6 Å². The van der Waals surface area contributed by atoms with Crippen molar-refractivity contribution < 1.29 is 24.2 Å². The minimum absolute atomic E-state index is 0.0552. The summed E-state index contributed by atoms with van der Waals surface area (Å²) in [6.07, 6.45) is 0. The normalized spacial score (nSPS) is 10.2. The van der Waals surface area contributed by atoms with Crippen molar-refractivity contribution in [2.75, 3.05) is 5.32 Å². The second-order valence-electron chi connectivity index (χ2n) is 4.40. The van der Waals surface area contributed by atoms with E-state index in [2.05, 4.69) is 5.32 Å². The molecule has 0 radical (unpaired) electrons. The highest BCUT2D eigenvalue weighted by molar-refractivity contribution is 6.08. The van der Waals surface area contributed by atoms with Gasteiger partial charge in [0.1, 0.15) is 11.6 Å². The van der Waals surface area contributed by atoms with Crippen molar-refractivity contribution in [1.82, 2.24) is 0 Å². The number of hydrogen-bond acceptors (Lipinski definition) is 3. The Hall–Kier alpha value is -2.89. The first-order chi connectivity index (χ1) is 9.90. The summed E-state index contributed by atoms with van der Waals surface area (Å²) in [6.45, 7) is 1.55. The van der Waals surface area contributed by atoms with Crippen LogP contribution >= 0.6 is 0 Å². The Labute approximate surface area is 119 Å². The van der Waals surface area contributed by atoms with Crippen molar-refractivity contribution in [2.45, 2.75) is 6.92 Å². The van der Waals surface area contributed by atoms with Crippen LogP contribution in [-0.4, -0.2) is 22.1 Å². The number of carboxylic acid groups (broad SMARTS) is 1. The zero-order valence-electron chi connectivity index (χ0n) is 11.1. The second kappa shape index (κ2) is 5.62. The third kappa shape index (κ3) is 3.00. The van der Waals surface area contributed by atoms with Crippen molar-refractivity contribution in [3.8, 4) is 5.75 Å². The van der Waals surface area contributed by atoms with Crippen LogP contribution in [-0.2, 0) is 0 Å². The summed E-state index contributed by atoms with van der Waals surface area (Å²) < 4.78 is 13.2. The molecule has 0 bridgehead atoms. The number of halogens is 1. The highest BCUT2D eigenvalue weighted by Crippen LogP contribution is 2.22. The molecular formula is C15H12FNO4. The third-order valence-corrected chi connectivity index (χ3v) is 3.01. The first-order valence-electron chi connectivity index (χ1n) is 6.03. The van der Waals surface area contributed by atoms with Gasteiger partial charge < -0.3 is 15.5 Å². The van der Waals surface area contributed by atoms with E-state index >= 15 is 0 Å². The van der Waals surface area contributed by atoms with Crippen molar-refractivity contribution >= 4 is 17.6 Å². The van der Waals surface area contributed by atoms with Crippen molar-refractivity contribution in [3.63, 3.8) is 0 Å². The van der Waals surface area contributed by atoms with Crippen LogP contribution in [0.2, 0.25) is 0 Å². The number of phenolic OH excluding ortho intramolecular Hbond substituents is 1. The highest BCUT2D eigenvalue weighted by Gasteiger charge is 2.16. The molecule has 0 spiro atoms. The Morgan fingerprint density at radius 2 is 1.86 bits per heavy atom. The van der Waals surface area contributed by atoms with Gasteiger partial charge in [-0.05, 0) is 37.3 Å². The lowest BCUT2D eigenvalue weighted by molar-refractivity contribution is 0.0698. The topological polar surface area (TPSA) is 86.6 Å².